The summed E-state index contributed by atoms with van der Waals surface area (Å²) in [6.45, 7) is 4.04. The van der Waals surface area contributed by atoms with E-state index in [9.17, 15) is 0 Å². The summed E-state index contributed by atoms with van der Waals surface area (Å²) in [4.78, 5) is 6.49. The van der Waals surface area contributed by atoms with Gasteiger partial charge in [-0.3, -0.25) is 4.99 Å². The Labute approximate surface area is 174 Å². The predicted molar refractivity (Wildman–Crippen MR) is 116 cm³/mol. The second-order valence-corrected chi connectivity index (χ2v) is 7.20. The summed E-state index contributed by atoms with van der Waals surface area (Å²) >= 11 is 0. The van der Waals surface area contributed by atoms with Gasteiger partial charge in [0.05, 0.1) is 13.2 Å². The number of hydrogen-bond acceptors (Lipinski definition) is 3. The van der Waals surface area contributed by atoms with E-state index in [-0.39, 0.29) is 24.0 Å². The van der Waals surface area contributed by atoms with Gasteiger partial charge in [-0.1, -0.05) is 18.2 Å². The second kappa shape index (κ2) is 11.0. The van der Waals surface area contributed by atoms with E-state index in [2.05, 4.69) is 33.4 Å². The molecular weight excluding hydrogens is 441 g/mol. The fourth-order valence-corrected chi connectivity index (χ4v) is 2.68. The van der Waals surface area contributed by atoms with Crippen molar-refractivity contribution >= 4 is 29.9 Å². The highest BCUT2D eigenvalue weighted by molar-refractivity contribution is 14.0. The molecule has 2 aliphatic carbocycles. The van der Waals surface area contributed by atoms with E-state index in [1.165, 1.54) is 31.2 Å². The first-order chi connectivity index (χ1) is 12.3. The molecule has 1 aromatic rings. The van der Waals surface area contributed by atoms with Crippen LogP contribution in [0.2, 0.25) is 0 Å². The van der Waals surface area contributed by atoms with Crippen LogP contribution in [0, 0.1) is 11.8 Å². The van der Waals surface area contributed by atoms with Crippen LogP contribution in [0.5, 0.6) is 5.75 Å². The number of para-hydroxylation sites is 1. The smallest absolute Gasteiger partial charge is 0.193 e. The van der Waals surface area contributed by atoms with E-state index >= 15 is 0 Å². The molecule has 2 saturated carbocycles. The third kappa shape index (κ3) is 7.31. The number of hydrogen-bond donors (Lipinski definition) is 1. The fourth-order valence-electron chi connectivity index (χ4n) is 2.68. The average molecular weight is 473 g/mol. The SMILES string of the molecule is CN=C(NCc1ccccc1OCC1CC1)N(C)CCOCC1CC1.I. The van der Waals surface area contributed by atoms with E-state index < -0.39 is 0 Å². The molecule has 5 nitrogen and oxygen atoms in total. The predicted octanol–water partition coefficient (Wildman–Crippen LogP) is 3.53. The Morgan fingerprint density at radius 1 is 1.15 bits per heavy atom. The molecule has 3 rings (SSSR count). The highest BCUT2D eigenvalue weighted by atomic mass is 127. The normalized spacial score (nSPS) is 16.8. The number of guanidine groups is 1. The Bertz CT molecular complexity index is 574. The number of aliphatic imine (C=N–C) groups is 1. The summed E-state index contributed by atoms with van der Waals surface area (Å²) < 4.78 is 11.7. The lowest BCUT2D eigenvalue weighted by Crippen LogP contribution is -2.40. The molecule has 1 aromatic carbocycles. The molecular formula is C20H32IN3O2. The molecule has 1 N–H and O–H groups in total. The third-order valence-corrected chi connectivity index (χ3v) is 4.78. The molecule has 0 bridgehead atoms. The van der Waals surface area contributed by atoms with Gasteiger partial charge >= 0.3 is 0 Å². The van der Waals surface area contributed by atoms with Crippen LogP contribution in [-0.4, -0.2) is 51.3 Å². The van der Waals surface area contributed by atoms with Gasteiger partial charge in [-0.25, -0.2) is 0 Å². The Kier molecular flexibility index (Phi) is 8.98. The Hall–Kier alpha value is -1.02. The van der Waals surface area contributed by atoms with Gasteiger partial charge in [0.2, 0.25) is 0 Å². The van der Waals surface area contributed by atoms with Crippen molar-refractivity contribution in [3.8, 4) is 5.75 Å². The van der Waals surface area contributed by atoms with E-state index in [1.54, 1.807) is 0 Å². The van der Waals surface area contributed by atoms with Crippen molar-refractivity contribution < 1.29 is 9.47 Å². The molecule has 0 radical (unpaired) electrons. The second-order valence-electron chi connectivity index (χ2n) is 7.20. The van der Waals surface area contributed by atoms with Crippen molar-refractivity contribution in [3.05, 3.63) is 29.8 Å². The molecule has 0 spiro atoms. The molecule has 0 aromatic heterocycles. The number of likely N-dealkylation sites (N-methyl/N-ethyl adjacent to an activating group) is 1. The van der Waals surface area contributed by atoms with E-state index in [0.29, 0.717) is 6.54 Å². The standard InChI is InChI=1S/C20H31N3O2.HI/c1-21-20(23(2)11-12-24-14-16-7-8-16)22-13-18-5-3-4-6-19(18)25-15-17-9-10-17;/h3-6,16-17H,7-15H2,1-2H3,(H,21,22);1H. The molecule has 6 heteroatoms. The fraction of sp³-hybridized carbons (Fsp3) is 0.650. The minimum absolute atomic E-state index is 0. The van der Waals surface area contributed by atoms with Gasteiger partial charge in [0.25, 0.3) is 0 Å². The zero-order chi connectivity index (χ0) is 17.5. The molecule has 2 aliphatic rings. The van der Waals surface area contributed by atoms with Crippen LogP contribution in [0.1, 0.15) is 31.2 Å². The minimum atomic E-state index is 0. The summed E-state index contributed by atoms with van der Waals surface area (Å²) in [6, 6.07) is 8.25. The monoisotopic (exact) mass is 473 g/mol. The van der Waals surface area contributed by atoms with E-state index in [0.717, 1.165) is 49.9 Å². The molecule has 0 saturated heterocycles. The quantitative estimate of drug-likeness (QED) is 0.245. The van der Waals surface area contributed by atoms with Crippen molar-refractivity contribution in [1.29, 1.82) is 0 Å². The minimum Gasteiger partial charge on any atom is -0.493 e. The van der Waals surface area contributed by atoms with Crippen LogP contribution in [0.4, 0.5) is 0 Å². The van der Waals surface area contributed by atoms with Crippen LogP contribution in [-0.2, 0) is 11.3 Å². The van der Waals surface area contributed by atoms with Crippen LogP contribution in [0.15, 0.2) is 29.3 Å². The van der Waals surface area contributed by atoms with Crippen molar-refractivity contribution in [3.63, 3.8) is 0 Å². The lowest BCUT2D eigenvalue weighted by Gasteiger charge is -2.22. The lowest BCUT2D eigenvalue weighted by atomic mass is 10.2. The highest BCUT2D eigenvalue weighted by Crippen LogP contribution is 2.30. The third-order valence-electron chi connectivity index (χ3n) is 4.78. The number of rotatable bonds is 10. The zero-order valence-electron chi connectivity index (χ0n) is 15.9. The molecule has 2 fully saturated rings. The maximum atomic E-state index is 5.98. The van der Waals surface area contributed by atoms with Crippen LogP contribution >= 0.6 is 24.0 Å². The van der Waals surface area contributed by atoms with Crippen molar-refractivity contribution in [2.45, 2.75) is 32.2 Å². The van der Waals surface area contributed by atoms with Gasteiger partial charge in [0.15, 0.2) is 5.96 Å². The summed E-state index contributed by atoms with van der Waals surface area (Å²) in [5, 5.41) is 3.43. The first-order valence-electron chi connectivity index (χ1n) is 9.46. The summed E-state index contributed by atoms with van der Waals surface area (Å²) in [5.41, 5.74) is 1.17. The van der Waals surface area contributed by atoms with Crippen molar-refractivity contribution in [1.82, 2.24) is 10.2 Å². The number of ether oxygens (including phenoxy) is 2. The average Bonchev–Trinajstić information content (AvgIpc) is 3.53. The molecule has 0 atom stereocenters. The molecule has 0 amide bonds. The van der Waals surface area contributed by atoms with Crippen molar-refractivity contribution in [2.24, 2.45) is 16.8 Å². The van der Waals surface area contributed by atoms with Gasteiger partial charge < -0.3 is 19.7 Å². The number of benzene rings is 1. The summed E-state index contributed by atoms with van der Waals surface area (Å²) in [5.74, 6) is 3.44. The van der Waals surface area contributed by atoms with Gasteiger partial charge in [-0.15, -0.1) is 24.0 Å². The largest absolute Gasteiger partial charge is 0.493 e. The van der Waals surface area contributed by atoms with E-state index in [4.69, 9.17) is 9.47 Å². The van der Waals surface area contributed by atoms with Crippen LogP contribution < -0.4 is 10.1 Å². The highest BCUT2D eigenvalue weighted by Gasteiger charge is 2.22. The molecule has 26 heavy (non-hydrogen) atoms. The number of nitrogens with one attached hydrogen (secondary N) is 1. The molecule has 0 unspecified atom stereocenters. The lowest BCUT2D eigenvalue weighted by molar-refractivity contribution is 0.115. The topological polar surface area (TPSA) is 46.1 Å². The molecule has 146 valence electrons. The van der Waals surface area contributed by atoms with E-state index in [1.807, 2.05) is 20.2 Å². The summed E-state index contributed by atoms with van der Waals surface area (Å²) in [7, 11) is 3.87. The number of nitrogens with zero attached hydrogens (tertiary/aromatic N) is 2. The van der Waals surface area contributed by atoms with Gasteiger partial charge in [-0.2, -0.15) is 0 Å². The zero-order valence-corrected chi connectivity index (χ0v) is 18.3. The van der Waals surface area contributed by atoms with Crippen molar-refractivity contribution in [2.75, 3.05) is 40.5 Å². The number of halogens is 1. The van der Waals surface area contributed by atoms with Gasteiger partial charge in [-0.05, 0) is 43.6 Å². The Morgan fingerprint density at radius 2 is 1.85 bits per heavy atom. The van der Waals surface area contributed by atoms with Crippen LogP contribution in [0.25, 0.3) is 0 Å². The first-order valence-corrected chi connectivity index (χ1v) is 9.46. The molecule has 0 aliphatic heterocycles. The summed E-state index contributed by atoms with van der Waals surface area (Å²) in [6.07, 6.45) is 5.28. The Morgan fingerprint density at radius 3 is 2.54 bits per heavy atom. The maximum absolute atomic E-state index is 5.98. The van der Waals surface area contributed by atoms with Gasteiger partial charge in [0.1, 0.15) is 5.75 Å². The Balaban J connectivity index is 0.00000243. The maximum Gasteiger partial charge on any atom is 0.193 e. The van der Waals surface area contributed by atoms with Gasteiger partial charge in [0, 0.05) is 39.4 Å². The molecule has 0 heterocycles. The van der Waals surface area contributed by atoms with Crippen LogP contribution in [0.3, 0.4) is 0 Å². The first kappa shape index (κ1) is 21.3.